The molecular weight excluding hydrogens is 392 g/mol. The zero-order valence-corrected chi connectivity index (χ0v) is 17.3. The highest BCUT2D eigenvalue weighted by molar-refractivity contribution is 7.93. The van der Waals surface area contributed by atoms with Crippen molar-refractivity contribution in [3.05, 3.63) is 53.6 Å². The van der Waals surface area contributed by atoms with Crippen molar-refractivity contribution in [2.45, 2.75) is 25.8 Å². The van der Waals surface area contributed by atoms with Gasteiger partial charge < -0.3 is 14.8 Å². The quantitative estimate of drug-likeness (QED) is 0.828. The van der Waals surface area contributed by atoms with Crippen LogP contribution < -0.4 is 19.1 Å². The molecule has 1 fully saturated rings. The lowest BCUT2D eigenvalue weighted by Gasteiger charge is -2.29. The standard InChI is InChI=1S/C21H24N2O5S/c1-21(2,16-6-9-18-19(14-16)28-12-11-27-18)22-20(24)15-4-7-17(8-5-15)23-10-3-13-29(23,25)26/h4-9,14H,3,10-13H2,1-2H3,(H,22,24). The summed E-state index contributed by atoms with van der Waals surface area (Å²) in [5.41, 5.74) is 1.32. The summed E-state index contributed by atoms with van der Waals surface area (Å²) in [6.07, 6.45) is 0.619. The van der Waals surface area contributed by atoms with Crippen molar-refractivity contribution in [2.24, 2.45) is 0 Å². The lowest BCUT2D eigenvalue weighted by molar-refractivity contribution is 0.0911. The molecule has 0 bridgehead atoms. The Hall–Kier alpha value is -2.74. The van der Waals surface area contributed by atoms with Crippen molar-refractivity contribution in [3.63, 3.8) is 0 Å². The first kappa shape index (κ1) is 19.6. The number of benzene rings is 2. The molecule has 0 atom stereocenters. The maximum Gasteiger partial charge on any atom is 0.251 e. The zero-order valence-electron chi connectivity index (χ0n) is 16.5. The van der Waals surface area contributed by atoms with E-state index in [1.165, 1.54) is 4.31 Å². The fourth-order valence-electron chi connectivity index (χ4n) is 3.57. The molecule has 0 aliphatic carbocycles. The summed E-state index contributed by atoms with van der Waals surface area (Å²) >= 11 is 0. The molecule has 1 N–H and O–H groups in total. The highest BCUT2D eigenvalue weighted by Gasteiger charge is 2.29. The second-order valence-electron chi connectivity index (χ2n) is 7.73. The van der Waals surface area contributed by atoms with Crippen LogP contribution in [0.3, 0.4) is 0 Å². The van der Waals surface area contributed by atoms with Crippen molar-refractivity contribution in [2.75, 3.05) is 29.8 Å². The van der Waals surface area contributed by atoms with Gasteiger partial charge in [-0.2, -0.15) is 0 Å². The van der Waals surface area contributed by atoms with Crippen LogP contribution in [0.15, 0.2) is 42.5 Å². The van der Waals surface area contributed by atoms with Gasteiger partial charge in [-0.25, -0.2) is 8.42 Å². The number of hydrogen-bond acceptors (Lipinski definition) is 5. The van der Waals surface area contributed by atoms with Gasteiger partial charge in [0, 0.05) is 12.1 Å². The number of hydrogen-bond donors (Lipinski definition) is 1. The van der Waals surface area contributed by atoms with Gasteiger partial charge in [0.25, 0.3) is 5.91 Å². The Morgan fingerprint density at radius 3 is 2.38 bits per heavy atom. The van der Waals surface area contributed by atoms with E-state index in [0.29, 0.717) is 48.9 Å². The largest absolute Gasteiger partial charge is 0.486 e. The summed E-state index contributed by atoms with van der Waals surface area (Å²) < 4.78 is 36.7. The highest BCUT2D eigenvalue weighted by Crippen LogP contribution is 2.34. The summed E-state index contributed by atoms with van der Waals surface area (Å²) in [5.74, 6) is 1.31. The Morgan fingerprint density at radius 1 is 1.03 bits per heavy atom. The van der Waals surface area contributed by atoms with E-state index in [0.717, 1.165) is 5.56 Å². The smallest absolute Gasteiger partial charge is 0.251 e. The van der Waals surface area contributed by atoms with Gasteiger partial charge in [-0.15, -0.1) is 0 Å². The molecule has 4 rings (SSSR count). The molecule has 154 valence electrons. The van der Waals surface area contributed by atoms with Crippen LogP contribution in [0.4, 0.5) is 5.69 Å². The molecule has 8 heteroatoms. The number of nitrogens with zero attached hydrogens (tertiary/aromatic N) is 1. The number of rotatable bonds is 4. The minimum atomic E-state index is -3.24. The molecule has 0 spiro atoms. The molecule has 0 radical (unpaired) electrons. The zero-order chi connectivity index (χ0) is 20.6. The fourth-order valence-corrected chi connectivity index (χ4v) is 5.13. The van der Waals surface area contributed by atoms with Gasteiger partial charge in [0.2, 0.25) is 10.0 Å². The molecule has 2 aliphatic rings. The first-order valence-electron chi connectivity index (χ1n) is 9.59. The van der Waals surface area contributed by atoms with E-state index in [1.807, 2.05) is 32.0 Å². The highest BCUT2D eigenvalue weighted by atomic mass is 32.2. The van der Waals surface area contributed by atoms with Crippen LogP contribution in [0.25, 0.3) is 0 Å². The van der Waals surface area contributed by atoms with Crippen molar-refractivity contribution in [3.8, 4) is 11.5 Å². The predicted molar refractivity (Wildman–Crippen MR) is 110 cm³/mol. The van der Waals surface area contributed by atoms with Crippen LogP contribution in [0, 0.1) is 0 Å². The van der Waals surface area contributed by atoms with Gasteiger partial charge in [-0.05, 0) is 62.2 Å². The van der Waals surface area contributed by atoms with E-state index in [9.17, 15) is 13.2 Å². The molecule has 2 aliphatic heterocycles. The summed E-state index contributed by atoms with van der Waals surface area (Å²) in [6.45, 7) is 5.34. The molecule has 0 unspecified atom stereocenters. The first-order valence-corrected chi connectivity index (χ1v) is 11.2. The van der Waals surface area contributed by atoms with E-state index in [-0.39, 0.29) is 11.7 Å². The maximum absolute atomic E-state index is 12.8. The van der Waals surface area contributed by atoms with Gasteiger partial charge >= 0.3 is 0 Å². The molecule has 0 saturated carbocycles. The van der Waals surface area contributed by atoms with Crippen molar-refractivity contribution in [1.82, 2.24) is 5.32 Å². The molecule has 29 heavy (non-hydrogen) atoms. The number of amides is 1. The van der Waals surface area contributed by atoms with E-state index in [1.54, 1.807) is 24.3 Å². The number of carbonyl (C=O) groups excluding carboxylic acids is 1. The Morgan fingerprint density at radius 2 is 1.72 bits per heavy atom. The number of sulfonamides is 1. The van der Waals surface area contributed by atoms with Gasteiger partial charge in [-0.3, -0.25) is 9.10 Å². The van der Waals surface area contributed by atoms with Gasteiger partial charge in [-0.1, -0.05) is 6.07 Å². The van der Waals surface area contributed by atoms with Crippen LogP contribution in [-0.2, 0) is 15.6 Å². The number of carbonyl (C=O) groups is 1. The normalized spacial score (nSPS) is 17.8. The molecule has 2 aromatic carbocycles. The van der Waals surface area contributed by atoms with Crippen LogP contribution in [0.2, 0.25) is 0 Å². The summed E-state index contributed by atoms with van der Waals surface area (Å²) in [5, 5.41) is 3.03. The third-order valence-corrected chi connectivity index (χ3v) is 7.08. The maximum atomic E-state index is 12.8. The topological polar surface area (TPSA) is 84.9 Å². The monoisotopic (exact) mass is 416 g/mol. The molecule has 1 amide bonds. The van der Waals surface area contributed by atoms with Crippen LogP contribution >= 0.6 is 0 Å². The number of fused-ring (bicyclic) bond motifs is 1. The minimum absolute atomic E-state index is 0.166. The van der Waals surface area contributed by atoms with Crippen LogP contribution in [-0.4, -0.2) is 39.8 Å². The predicted octanol–water partition coefficient (Wildman–Crippen LogP) is 2.66. The average molecular weight is 416 g/mol. The SMILES string of the molecule is CC(C)(NC(=O)c1ccc(N2CCCS2(=O)=O)cc1)c1ccc2c(c1)OCCO2. The first-order chi connectivity index (χ1) is 13.8. The molecule has 2 heterocycles. The van der Waals surface area contributed by atoms with E-state index in [2.05, 4.69) is 5.32 Å². The number of nitrogens with one attached hydrogen (secondary N) is 1. The average Bonchev–Trinajstić information content (AvgIpc) is 3.06. The van der Waals surface area contributed by atoms with Gasteiger partial charge in [0.1, 0.15) is 13.2 Å². The third kappa shape index (κ3) is 3.89. The molecule has 1 saturated heterocycles. The second-order valence-corrected chi connectivity index (χ2v) is 9.74. The summed E-state index contributed by atoms with van der Waals surface area (Å²) in [7, 11) is -3.24. The lowest BCUT2D eigenvalue weighted by Crippen LogP contribution is -2.41. The van der Waals surface area contributed by atoms with E-state index < -0.39 is 15.6 Å². The van der Waals surface area contributed by atoms with Crippen molar-refractivity contribution < 1.29 is 22.7 Å². The lowest BCUT2D eigenvalue weighted by atomic mass is 9.93. The van der Waals surface area contributed by atoms with Crippen LogP contribution in [0.1, 0.15) is 36.2 Å². The Bertz CT molecular complexity index is 1030. The Balaban J connectivity index is 1.49. The minimum Gasteiger partial charge on any atom is -0.486 e. The van der Waals surface area contributed by atoms with Crippen LogP contribution in [0.5, 0.6) is 11.5 Å². The third-order valence-electron chi connectivity index (χ3n) is 5.21. The van der Waals surface area contributed by atoms with Gasteiger partial charge in [0.05, 0.1) is 17.0 Å². The van der Waals surface area contributed by atoms with Gasteiger partial charge in [0.15, 0.2) is 11.5 Å². The number of ether oxygens (including phenoxy) is 2. The van der Waals surface area contributed by atoms with E-state index in [4.69, 9.17) is 9.47 Å². The second kappa shape index (κ2) is 7.26. The van der Waals surface area contributed by atoms with Crippen molar-refractivity contribution in [1.29, 1.82) is 0 Å². The Labute approximate surface area is 170 Å². The molecule has 2 aromatic rings. The molecular formula is C21H24N2O5S. The van der Waals surface area contributed by atoms with Crippen molar-refractivity contribution >= 4 is 21.6 Å². The van der Waals surface area contributed by atoms with E-state index >= 15 is 0 Å². The summed E-state index contributed by atoms with van der Waals surface area (Å²) in [6, 6.07) is 12.3. The summed E-state index contributed by atoms with van der Waals surface area (Å²) in [4.78, 5) is 12.8. The number of anilines is 1. The molecule has 0 aromatic heterocycles. The molecule has 7 nitrogen and oxygen atoms in total. The fraction of sp³-hybridized carbons (Fsp3) is 0.381. The Kier molecular flexibility index (Phi) is 4.90.